The maximum absolute atomic E-state index is 12.7. The van der Waals surface area contributed by atoms with Crippen molar-refractivity contribution in [2.45, 2.75) is 25.3 Å². The van der Waals surface area contributed by atoms with Crippen molar-refractivity contribution in [1.29, 1.82) is 0 Å². The van der Waals surface area contributed by atoms with Gasteiger partial charge in [-0.25, -0.2) is 0 Å². The van der Waals surface area contributed by atoms with Gasteiger partial charge in [-0.2, -0.15) is 0 Å². The van der Waals surface area contributed by atoms with Gasteiger partial charge in [-0.1, -0.05) is 6.07 Å². The molecule has 128 valence electrons. The Bertz CT molecular complexity index is 821. The van der Waals surface area contributed by atoms with Gasteiger partial charge in [0.25, 0.3) is 5.91 Å². The van der Waals surface area contributed by atoms with Crippen LogP contribution in [-0.2, 0) is 4.79 Å². The molecule has 0 aliphatic carbocycles. The Labute approximate surface area is 145 Å². The zero-order chi connectivity index (χ0) is 17.2. The second-order valence-corrected chi connectivity index (χ2v) is 6.25. The van der Waals surface area contributed by atoms with E-state index in [1.807, 2.05) is 24.3 Å². The predicted molar refractivity (Wildman–Crippen MR) is 92.6 cm³/mol. The molecule has 1 atom stereocenters. The van der Waals surface area contributed by atoms with Gasteiger partial charge < -0.3 is 15.0 Å². The smallest absolute Gasteiger partial charge is 0.251 e. The lowest BCUT2D eigenvalue weighted by atomic mass is 10.1. The highest BCUT2D eigenvalue weighted by Gasteiger charge is 2.26. The number of ether oxygens (including phenoxy) is 1. The van der Waals surface area contributed by atoms with E-state index in [0.29, 0.717) is 31.6 Å². The van der Waals surface area contributed by atoms with Crippen molar-refractivity contribution < 1.29 is 14.3 Å². The largest absolute Gasteiger partial charge is 0.491 e. The molecule has 0 bridgehead atoms. The van der Waals surface area contributed by atoms with Crippen LogP contribution in [0.4, 0.5) is 5.69 Å². The van der Waals surface area contributed by atoms with E-state index in [1.165, 1.54) is 0 Å². The molecular formula is C19H19N3O3. The summed E-state index contributed by atoms with van der Waals surface area (Å²) in [5, 5.41) is 3.04. The molecule has 1 N–H and O–H groups in total. The van der Waals surface area contributed by atoms with Crippen molar-refractivity contribution in [1.82, 2.24) is 10.3 Å². The first-order valence-electron chi connectivity index (χ1n) is 8.51. The lowest BCUT2D eigenvalue weighted by molar-refractivity contribution is -0.117. The standard InChI is InChI=1S/C19H19N3O3/c23-17-7-3-10-22(17)14-5-1-4-13(12-14)19(24)21-15-8-11-25-16-6-2-9-20-18(15)16/h1-2,4-6,9,12,15H,3,7-8,10-11H2,(H,21,24). The van der Waals surface area contributed by atoms with Crippen LogP contribution >= 0.6 is 0 Å². The summed E-state index contributed by atoms with van der Waals surface area (Å²) in [6, 6.07) is 10.7. The Morgan fingerprint density at radius 3 is 3.04 bits per heavy atom. The maximum Gasteiger partial charge on any atom is 0.251 e. The first kappa shape index (κ1) is 15.6. The molecule has 2 aromatic rings. The lowest BCUT2D eigenvalue weighted by Gasteiger charge is -2.25. The van der Waals surface area contributed by atoms with Crippen molar-refractivity contribution >= 4 is 17.5 Å². The number of nitrogens with zero attached hydrogens (tertiary/aromatic N) is 2. The SMILES string of the molecule is O=C(NC1CCOc2cccnc21)c1cccc(N2CCCC2=O)c1. The minimum Gasteiger partial charge on any atom is -0.491 e. The molecule has 2 aliphatic rings. The number of hydrogen-bond acceptors (Lipinski definition) is 4. The summed E-state index contributed by atoms with van der Waals surface area (Å²) in [6.07, 6.45) is 3.81. The molecule has 0 spiro atoms. The van der Waals surface area contributed by atoms with Gasteiger partial charge in [-0.15, -0.1) is 0 Å². The molecule has 2 aliphatic heterocycles. The van der Waals surface area contributed by atoms with Gasteiger partial charge in [0, 0.05) is 36.8 Å². The number of aromatic nitrogens is 1. The second kappa shape index (κ2) is 6.55. The summed E-state index contributed by atoms with van der Waals surface area (Å²) in [7, 11) is 0. The van der Waals surface area contributed by atoms with Gasteiger partial charge in [-0.05, 0) is 36.8 Å². The fourth-order valence-electron chi connectivity index (χ4n) is 3.33. The monoisotopic (exact) mass is 337 g/mol. The maximum atomic E-state index is 12.7. The summed E-state index contributed by atoms with van der Waals surface area (Å²) >= 11 is 0. The Morgan fingerprint density at radius 1 is 1.28 bits per heavy atom. The van der Waals surface area contributed by atoms with E-state index in [4.69, 9.17) is 4.74 Å². The summed E-state index contributed by atoms with van der Waals surface area (Å²) in [4.78, 5) is 30.7. The molecule has 6 heteroatoms. The van der Waals surface area contributed by atoms with Crippen LogP contribution in [0.15, 0.2) is 42.6 Å². The number of pyridine rings is 1. The molecule has 1 aromatic heterocycles. The van der Waals surface area contributed by atoms with E-state index in [9.17, 15) is 9.59 Å². The average Bonchev–Trinajstić information content (AvgIpc) is 3.08. The first-order valence-corrected chi connectivity index (χ1v) is 8.51. The molecule has 4 rings (SSSR count). The van der Waals surface area contributed by atoms with E-state index in [1.54, 1.807) is 23.2 Å². The number of fused-ring (bicyclic) bond motifs is 1. The molecule has 25 heavy (non-hydrogen) atoms. The van der Waals surface area contributed by atoms with Gasteiger partial charge >= 0.3 is 0 Å². The van der Waals surface area contributed by atoms with E-state index in [-0.39, 0.29) is 17.9 Å². The number of carbonyl (C=O) groups excluding carboxylic acids is 2. The fraction of sp³-hybridized carbons (Fsp3) is 0.316. The molecule has 1 saturated heterocycles. The van der Waals surface area contributed by atoms with E-state index in [2.05, 4.69) is 10.3 Å². The Kier molecular flexibility index (Phi) is 4.09. The molecule has 6 nitrogen and oxygen atoms in total. The van der Waals surface area contributed by atoms with Gasteiger partial charge in [0.2, 0.25) is 5.91 Å². The third-order valence-electron chi connectivity index (χ3n) is 4.59. The first-order chi connectivity index (χ1) is 12.2. The Hall–Kier alpha value is -2.89. The van der Waals surface area contributed by atoms with Crippen LogP contribution in [0.3, 0.4) is 0 Å². The molecule has 1 aromatic carbocycles. The van der Waals surface area contributed by atoms with E-state index in [0.717, 1.165) is 23.6 Å². The molecule has 0 saturated carbocycles. The van der Waals surface area contributed by atoms with Crippen LogP contribution in [-0.4, -0.2) is 29.9 Å². The third kappa shape index (κ3) is 3.07. The summed E-state index contributed by atoms with van der Waals surface area (Å²) in [5.41, 5.74) is 2.08. The number of rotatable bonds is 3. The number of carbonyl (C=O) groups is 2. The highest BCUT2D eigenvalue weighted by molar-refractivity contribution is 5.99. The highest BCUT2D eigenvalue weighted by atomic mass is 16.5. The van der Waals surface area contributed by atoms with Crippen LogP contribution in [0.5, 0.6) is 5.75 Å². The van der Waals surface area contributed by atoms with Gasteiger partial charge in [0.15, 0.2) is 0 Å². The normalized spacial score (nSPS) is 19.3. The van der Waals surface area contributed by atoms with E-state index >= 15 is 0 Å². The topological polar surface area (TPSA) is 71.5 Å². The van der Waals surface area contributed by atoms with Gasteiger partial charge in [0.05, 0.1) is 12.6 Å². The second-order valence-electron chi connectivity index (χ2n) is 6.25. The zero-order valence-electron chi connectivity index (χ0n) is 13.8. The molecule has 3 heterocycles. The summed E-state index contributed by atoms with van der Waals surface area (Å²) in [6.45, 7) is 1.26. The zero-order valence-corrected chi connectivity index (χ0v) is 13.8. The average molecular weight is 337 g/mol. The number of hydrogen-bond donors (Lipinski definition) is 1. The summed E-state index contributed by atoms with van der Waals surface area (Å²) < 4.78 is 5.58. The van der Waals surface area contributed by atoms with Crippen molar-refractivity contribution in [2.75, 3.05) is 18.1 Å². The van der Waals surface area contributed by atoms with Gasteiger partial charge in [0.1, 0.15) is 11.4 Å². The van der Waals surface area contributed by atoms with Crippen molar-refractivity contribution in [3.63, 3.8) is 0 Å². The minimum absolute atomic E-state index is 0.111. The Morgan fingerprint density at radius 2 is 2.20 bits per heavy atom. The number of benzene rings is 1. The molecule has 1 fully saturated rings. The van der Waals surface area contributed by atoms with Crippen molar-refractivity contribution in [2.24, 2.45) is 0 Å². The van der Waals surface area contributed by atoms with Crippen LogP contribution in [0, 0.1) is 0 Å². The molecule has 1 unspecified atom stereocenters. The lowest BCUT2D eigenvalue weighted by Crippen LogP contribution is -2.33. The minimum atomic E-state index is -0.172. The summed E-state index contributed by atoms with van der Waals surface area (Å²) in [5.74, 6) is 0.660. The Balaban J connectivity index is 1.53. The number of nitrogens with one attached hydrogen (secondary N) is 1. The van der Waals surface area contributed by atoms with Crippen LogP contribution < -0.4 is 15.0 Å². The van der Waals surface area contributed by atoms with Crippen LogP contribution in [0.25, 0.3) is 0 Å². The van der Waals surface area contributed by atoms with Crippen molar-refractivity contribution in [3.8, 4) is 5.75 Å². The van der Waals surface area contributed by atoms with Crippen molar-refractivity contribution in [3.05, 3.63) is 53.9 Å². The molecule has 2 amide bonds. The fourth-order valence-corrected chi connectivity index (χ4v) is 3.33. The van der Waals surface area contributed by atoms with Crippen LogP contribution in [0.2, 0.25) is 0 Å². The number of anilines is 1. The predicted octanol–water partition coefficient (Wildman–Crippen LogP) is 2.46. The molecular weight excluding hydrogens is 318 g/mol. The van der Waals surface area contributed by atoms with Crippen LogP contribution in [0.1, 0.15) is 41.4 Å². The highest BCUT2D eigenvalue weighted by Crippen LogP contribution is 2.30. The third-order valence-corrected chi connectivity index (χ3v) is 4.59. The van der Waals surface area contributed by atoms with Gasteiger partial charge in [-0.3, -0.25) is 14.6 Å². The quantitative estimate of drug-likeness (QED) is 0.934. The molecule has 0 radical (unpaired) electrons. The van der Waals surface area contributed by atoms with E-state index < -0.39 is 0 Å². The number of amides is 2.